The van der Waals surface area contributed by atoms with E-state index in [-0.39, 0.29) is 17.7 Å². The number of amides is 3. The molecular formula is C25H20N2O3. The molecule has 1 aliphatic heterocycles. The molecule has 0 aromatic heterocycles. The third-order valence-electron chi connectivity index (χ3n) is 4.98. The number of hydrogen-bond acceptors (Lipinski definition) is 3. The maximum Gasteiger partial charge on any atom is 0.265 e. The van der Waals surface area contributed by atoms with Crippen LogP contribution in [0, 0.1) is 6.92 Å². The normalized spacial score (nSPS) is 14.6. The molecule has 0 unspecified atom stereocenters. The molecule has 0 atom stereocenters. The first-order valence-electron chi connectivity index (χ1n) is 9.59. The fourth-order valence-electron chi connectivity index (χ4n) is 3.56. The number of rotatable bonds is 3. The lowest BCUT2D eigenvalue weighted by Gasteiger charge is -2.29. The van der Waals surface area contributed by atoms with Gasteiger partial charge in [-0.15, -0.1) is 0 Å². The summed E-state index contributed by atoms with van der Waals surface area (Å²) in [6.45, 7) is 3.32. The number of aryl methyl sites for hydroxylation is 1. The number of fused-ring (bicyclic) bond motifs is 1. The maximum absolute atomic E-state index is 13.4. The van der Waals surface area contributed by atoms with Crippen LogP contribution in [0.3, 0.4) is 0 Å². The van der Waals surface area contributed by atoms with E-state index in [2.05, 4.69) is 5.32 Å². The van der Waals surface area contributed by atoms with Crippen molar-refractivity contribution in [3.05, 3.63) is 95.1 Å². The molecule has 0 fully saturated rings. The topological polar surface area (TPSA) is 66.5 Å². The van der Waals surface area contributed by atoms with Gasteiger partial charge in [-0.3, -0.25) is 14.4 Å². The molecule has 5 nitrogen and oxygen atoms in total. The highest BCUT2D eigenvalue weighted by Crippen LogP contribution is 2.34. The molecule has 0 bridgehead atoms. The third-order valence-corrected chi connectivity index (χ3v) is 4.98. The van der Waals surface area contributed by atoms with Gasteiger partial charge in [0.05, 0.1) is 5.69 Å². The molecule has 0 radical (unpaired) electrons. The number of benzene rings is 3. The Balaban J connectivity index is 1.82. The van der Waals surface area contributed by atoms with E-state index in [0.29, 0.717) is 28.1 Å². The first-order valence-corrected chi connectivity index (χ1v) is 9.59. The molecule has 1 aliphatic rings. The first kappa shape index (κ1) is 19.3. The SMILES string of the molecule is CC(=O)Nc1ccc(C=C2C(=O)N(c3ccccc3C)C(=O)c3ccccc32)cc1. The van der Waals surface area contributed by atoms with Crippen molar-refractivity contribution in [3.63, 3.8) is 0 Å². The van der Waals surface area contributed by atoms with E-state index in [1.807, 2.05) is 43.3 Å². The van der Waals surface area contributed by atoms with Crippen LogP contribution >= 0.6 is 0 Å². The summed E-state index contributed by atoms with van der Waals surface area (Å²) in [5.41, 5.74) is 4.44. The van der Waals surface area contributed by atoms with Crippen molar-refractivity contribution >= 4 is 40.7 Å². The lowest BCUT2D eigenvalue weighted by molar-refractivity contribution is -0.114. The van der Waals surface area contributed by atoms with Crippen LogP contribution in [0.4, 0.5) is 11.4 Å². The van der Waals surface area contributed by atoms with Gasteiger partial charge in [-0.2, -0.15) is 0 Å². The zero-order chi connectivity index (χ0) is 21.3. The lowest BCUT2D eigenvalue weighted by atomic mass is 9.91. The van der Waals surface area contributed by atoms with Crippen molar-refractivity contribution in [1.29, 1.82) is 0 Å². The zero-order valence-electron chi connectivity index (χ0n) is 16.7. The van der Waals surface area contributed by atoms with Crippen molar-refractivity contribution in [1.82, 2.24) is 0 Å². The number of carbonyl (C=O) groups is 3. The molecule has 5 heteroatoms. The minimum atomic E-state index is -0.362. The molecule has 1 heterocycles. The van der Waals surface area contributed by atoms with Gasteiger partial charge in [-0.1, -0.05) is 48.5 Å². The Hall–Kier alpha value is -3.99. The summed E-state index contributed by atoms with van der Waals surface area (Å²) in [5, 5.41) is 2.72. The average molecular weight is 396 g/mol. The Morgan fingerprint density at radius 1 is 0.833 bits per heavy atom. The van der Waals surface area contributed by atoms with Crippen molar-refractivity contribution < 1.29 is 14.4 Å². The van der Waals surface area contributed by atoms with Gasteiger partial charge in [0.1, 0.15) is 0 Å². The van der Waals surface area contributed by atoms with Crippen molar-refractivity contribution in [2.45, 2.75) is 13.8 Å². The summed E-state index contributed by atoms with van der Waals surface area (Å²) in [6, 6.07) is 21.7. The van der Waals surface area contributed by atoms with Gasteiger partial charge in [-0.05, 0) is 54.0 Å². The van der Waals surface area contributed by atoms with Crippen LogP contribution in [-0.4, -0.2) is 17.7 Å². The number of para-hydroxylation sites is 1. The first-order chi connectivity index (χ1) is 14.5. The van der Waals surface area contributed by atoms with Gasteiger partial charge in [0.25, 0.3) is 11.8 Å². The fraction of sp³-hybridized carbons (Fsp3) is 0.0800. The van der Waals surface area contributed by atoms with E-state index in [1.54, 1.807) is 42.5 Å². The molecule has 0 saturated heterocycles. The monoisotopic (exact) mass is 396 g/mol. The number of hydrogen-bond donors (Lipinski definition) is 1. The van der Waals surface area contributed by atoms with Crippen LogP contribution < -0.4 is 10.2 Å². The van der Waals surface area contributed by atoms with Crippen molar-refractivity contribution in [3.8, 4) is 0 Å². The van der Waals surface area contributed by atoms with Gasteiger partial charge in [0.15, 0.2) is 0 Å². The standard InChI is InChI=1S/C25H20N2O3/c1-16-7-3-6-10-23(16)27-24(29)21-9-5-4-8-20(21)22(25(27)30)15-18-11-13-19(14-12-18)26-17(2)28/h3-15H,1-2H3,(H,26,28). The second kappa shape index (κ2) is 7.79. The van der Waals surface area contributed by atoms with E-state index < -0.39 is 0 Å². The second-order valence-electron chi connectivity index (χ2n) is 7.14. The van der Waals surface area contributed by atoms with Gasteiger partial charge in [-0.25, -0.2) is 4.90 Å². The van der Waals surface area contributed by atoms with Crippen LogP contribution in [0.1, 0.15) is 34.0 Å². The van der Waals surface area contributed by atoms with E-state index in [0.717, 1.165) is 11.1 Å². The molecule has 3 amide bonds. The molecule has 0 saturated carbocycles. The average Bonchev–Trinajstić information content (AvgIpc) is 2.73. The fourth-order valence-corrected chi connectivity index (χ4v) is 3.56. The third kappa shape index (κ3) is 3.53. The number of anilines is 2. The van der Waals surface area contributed by atoms with E-state index in [1.165, 1.54) is 11.8 Å². The molecule has 30 heavy (non-hydrogen) atoms. The van der Waals surface area contributed by atoms with E-state index in [9.17, 15) is 14.4 Å². The predicted octanol–water partition coefficient (Wildman–Crippen LogP) is 4.68. The Bertz CT molecular complexity index is 1190. The number of carbonyl (C=O) groups excluding carboxylic acids is 3. The largest absolute Gasteiger partial charge is 0.326 e. The highest BCUT2D eigenvalue weighted by Gasteiger charge is 2.36. The van der Waals surface area contributed by atoms with E-state index in [4.69, 9.17) is 0 Å². The van der Waals surface area contributed by atoms with Gasteiger partial charge in [0, 0.05) is 23.7 Å². The van der Waals surface area contributed by atoms with Gasteiger partial charge >= 0.3 is 0 Å². The Morgan fingerprint density at radius 2 is 1.47 bits per heavy atom. The van der Waals surface area contributed by atoms with Crippen LogP contribution in [0.25, 0.3) is 11.6 Å². The molecule has 4 rings (SSSR count). The van der Waals surface area contributed by atoms with Gasteiger partial charge < -0.3 is 5.32 Å². The number of nitrogens with one attached hydrogen (secondary N) is 1. The Labute approximate surface area is 174 Å². The van der Waals surface area contributed by atoms with Crippen molar-refractivity contribution in [2.75, 3.05) is 10.2 Å². The second-order valence-corrected chi connectivity index (χ2v) is 7.14. The summed E-state index contributed by atoms with van der Waals surface area (Å²) >= 11 is 0. The van der Waals surface area contributed by atoms with Crippen LogP contribution in [-0.2, 0) is 9.59 Å². The summed E-state index contributed by atoms with van der Waals surface area (Å²) < 4.78 is 0. The number of nitrogens with zero attached hydrogens (tertiary/aromatic N) is 1. The van der Waals surface area contributed by atoms with E-state index >= 15 is 0 Å². The molecule has 0 spiro atoms. The molecule has 3 aromatic rings. The van der Waals surface area contributed by atoms with Crippen LogP contribution in [0.15, 0.2) is 72.8 Å². The summed E-state index contributed by atoms with van der Waals surface area (Å²) in [7, 11) is 0. The lowest BCUT2D eigenvalue weighted by Crippen LogP contribution is -2.42. The summed E-state index contributed by atoms with van der Waals surface area (Å²) in [6.07, 6.45) is 1.77. The van der Waals surface area contributed by atoms with Crippen molar-refractivity contribution in [2.24, 2.45) is 0 Å². The zero-order valence-corrected chi connectivity index (χ0v) is 16.7. The summed E-state index contributed by atoms with van der Waals surface area (Å²) in [5.74, 6) is -0.841. The number of imide groups is 1. The Kier molecular flexibility index (Phi) is 5.02. The summed E-state index contributed by atoms with van der Waals surface area (Å²) in [4.78, 5) is 39.1. The minimum absolute atomic E-state index is 0.148. The molecule has 148 valence electrons. The quantitative estimate of drug-likeness (QED) is 0.516. The van der Waals surface area contributed by atoms with Crippen LogP contribution in [0.5, 0.6) is 0 Å². The Morgan fingerprint density at radius 3 is 2.13 bits per heavy atom. The minimum Gasteiger partial charge on any atom is -0.326 e. The molecule has 3 aromatic carbocycles. The van der Waals surface area contributed by atoms with Gasteiger partial charge in [0.2, 0.25) is 5.91 Å². The smallest absolute Gasteiger partial charge is 0.265 e. The highest BCUT2D eigenvalue weighted by atomic mass is 16.2. The predicted molar refractivity (Wildman–Crippen MR) is 118 cm³/mol. The molecule has 0 aliphatic carbocycles. The van der Waals surface area contributed by atoms with Crippen LogP contribution in [0.2, 0.25) is 0 Å². The highest BCUT2D eigenvalue weighted by molar-refractivity contribution is 6.43. The molecular weight excluding hydrogens is 376 g/mol. The maximum atomic E-state index is 13.4. The molecule has 1 N–H and O–H groups in total.